The van der Waals surface area contributed by atoms with Gasteiger partial charge in [0.05, 0.1) is 12.0 Å². The molecule has 0 radical (unpaired) electrons. The number of anilines is 1. The molecule has 0 aliphatic rings. The van der Waals surface area contributed by atoms with E-state index in [1.165, 1.54) is 55.7 Å². The molecule has 0 fully saturated rings. The normalized spacial score (nSPS) is 10.6. The van der Waals surface area contributed by atoms with Crippen LogP contribution in [0.2, 0.25) is 0 Å². The third-order valence-corrected chi connectivity index (χ3v) is 3.21. The molecule has 0 unspecified atom stereocenters. The van der Waals surface area contributed by atoms with Gasteiger partial charge in [0.15, 0.2) is 0 Å². The van der Waals surface area contributed by atoms with E-state index in [9.17, 15) is 25.3 Å². The number of nitro benzene ring substituents is 1. The van der Waals surface area contributed by atoms with E-state index in [0.717, 1.165) is 0 Å². The fourth-order valence-electron chi connectivity index (χ4n) is 2.00. The lowest BCUT2D eigenvalue weighted by Gasteiger charge is -2.07. The van der Waals surface area contributed by atoms with Crippen LogP contribution in [0.5, 0.6) is 11.5 Å². The lowest BCUT2D eigenvalue weighted by molar-refractivity contribution is -0.384. The lowest BCUT2D eigenvalue weighted by atomic mass is 10.1. The maximum Gasteiger partial charge on any atom is 0.270 e. The number of phenolic OH excluding ortho intramolecular Hbond substituents is 1. The number of hydrogen-bond donors (Lipinski definition) is 2. The summed E-state index contributed by atoms with van der Waals surface area (Å²) in [5.74, 6) is -0.368. The van der Waals surface area contributed by atoms with Crippen molar-refractivity contribution in [2.24, 2.45) is 0 Å². The van der Waals surface area contributed by atoms with Gasteiger partial charge in [-0.25, -0.2) is 0 Å². The zero-order valence-corrected chi connectivity index (χ0v) is 13.1. The molecular weight excluding hydrogens is 326 g/mol. The second-order valence-electron chi connectivity index (χ2n) is 4.85. The van der Waals surface area contributed by atoms with Gasteiger partial charge in [0, 0.05) is 23.4 Å². The largest absolute Gasteiger partial charge is 0.508 e. The number of nitrogens with zero attached hydrogens (tertiary/aromatic N) is 2. The molecule has 0 saturated carbocycles. The van der Waals surface area contributed by atoms with Crippen LogP contribution in [0.1, 0.15) is 5.56 Å². The second kappa shape index (κ2) is 7.61. The zero-order valence-electron chi connectivity index (χ0n) is 13.1. The van der Waals surface area contributed by atoms with Gasteiger partial charge >= 0.3 is 0 Å². The Hall–Kier alpha value is -3.86. The van der Waals surface area contributed by atoms with Crippen molar-refractivity contribution < 1.29 is 19.6 Å². The van der Waals surface area contributed by atoms with Gasteiger partial charge < -0.3 is 15.2 Å². The fraction of sp³-hybridized carbons (Fsp3) is 0.0588. The molecule has 126 valence electrons. The molecule has 2 rings (SSSR count). The molecule has 0 saturated heterocycles. The van der Waals surface area contributed by atoms with Crippen molar-refractivity contribution in [2.45, 2.75) is 0 Å². The number of aromatic hydroxyl groups is 1. The SMILES string of the molecule is COc1ccc([N+](=O)[O-])cc1/C=C(/C#N)C(=O)Nc1ccc(O)cc1. The summed E-state index contributed by atoms with van der Waals surface area (Å²) in [5, 5.41) is 31.8. The molecule has 2 aromatic rings. The van der Waals surface area contributed by atoms with E-state index in [0.29, 0.717) is 5.69 Å². The molecule has 2 N–H and O–H groups in total. The van der Waals surface area contributed by atoms with E-state index in [-0.39, 0.29) is 28.3 Å². The molecule has 1 amide bonds. The van der Waals surface area contributed by atoms with Gasteiger partial charge in [-0.05, 0) is 36.4 Å². The quantitative estimate of drug-likeness (QED) is 0.284. The average Bonchev–Trinajstić information content (AvgIpc) is 2.61. The van der Waals surface area contributed by atoms with Crippen molar-refractivity contribution in [3.8, 4) is 17.6 Å². The number of nitriles is 1. The predicted octanol–water partition coefficient (Wildman–Crippen LogP) is 2.85. The summed E-state index contributed by atoms with van der Waals surface area (Å²) in [4.78, 5) is 22.5. The molecule has 0 bridgehead atoms. The minimum Gasteiger partial charge on any atom is -0.508 e. The summed E-state index contributed by atoms with van der Waals surface area (Å²) in [6, 6.07) is 11.3. The Morgan fingerprint density at radius 1 is 1.32 bits per heavy atom. The summed E-state index contributed by atoms with van der Waals surface area (Å²) in [6.07, 6.45) is 1.21. The highest BCUT2D eigenvalue weighted by atomic mass is 16.6. The van der Waals surface area contributed by atoms with Gasteiger partial charge in [-0.15, -0.1) is 0 Å². The van der Waals surface area contributed by atoms with Crippen LogP contribution in [0.15, 0.2) is 48.0 Å². The highest BCUT2D eigenvalue weighted by Gasteiger charge is 2.14. The minimum atomic E-state index is -0.693. The molecule has 0 aliphatic heterocycles. The number of amides is 1. The van der Waals surface area contributed by atoms with Gasteiger partial charge in [0.25, 0.3) is 11.6 Å². The molecule has 2 aromatic carbocycles. The highest BCUT2D eigenvalue weighted by Crippen LogP contribution is 2.26. The van der Waals surface area contributed by atoms with E-state index in [1.807, 2.05) is 0 Å². The number of phenols is 1. The van der Waals surface area contributed by atoms with E-state index in [2.05, 4.69) is 5.32 Å². The van der Waals surface area contributed by atoms with Crippen molar-refractivity contribution in [1.82, 2.24) is 0 Å². The van der Waals surface area contributed by atoms with Crippen LogP contribution in [-0.2, 0) is 4.79 Å². The number of methoxy groups -OCH3 is 1. The van der Waals surface area contributed by atoms with Crippen LogP contribution >= 0.6 is 0 Å². The van der Waals surface area contributed by atoms with E-state index in [1.54, 1.807) is 6.07 Å². The minimum absolute atomic E-state index is 0.0374. The number of benzene rings is 2. The summed E-state index contributed by atoms with van der Waals surface area (Å²) in [6.45, 7) is 0. The summed E-state index contributed by atoms with van der Waals surface area (Å²) in [5.41, 5.74) is 0.166. The molecule has 0 aliphatic carbocycles. The monoisotopic (exact) mass is 339 g/mol. The van der Waals surface area contributed by atoms with Crippen molar-refractivity contribution in [3.05, 3.63) is 63.7 Å². The zero-order chi connectivity index (χ0) is 18.4. The van der Waals surface area contributed by atoms with Crippen molar-refractivity contribution >= 4 is 23.4 Å². The number of rotatable bonds is 5. The number of non-ortho nitro benzene ring substituents is 1. The molecule has 8 nitrogen and oxygen atoms in total. The van der Waals surface area contributed by atoms with Crippen molar-refractivity contribution in [1.29, 1.82) is 5.26 Å². The smallest absolute Gasteiger partial charge is 0.270 e. The first-order valence-electron chi connectivity index (χ1n) is 6.99. The molecule has 8 heteroatoms. The third kappa shape index (κ3) is 4.33. The maximum absolute atomic E-state index is 12.2. The number of ether oxygens (including phenoxy) is 1. The first-order valence-corrected chi connectivity index (χ1v) is 6.99. The van der Waals surface area contributed by atoms with Crippen LogP contribution in [0.3, 0.4) is 0 Å². The Bertz CT molecular complexity index is 882. The Morgan fingerprint density at radius 3 is 2.56 bits per heavy atom. The third-order valence-electron chi connectivity index (χ3n) is 3.21. The molecular formula is C17H13N3O5. The van der Waals surface area contributed by atoms with Crippen LogP contribution in [-0.4, -0.2) is 23.0 Å². The predicted molar refractivity (Wildman–Crippen MR) is 90.0 cm³/mol. The van der Waals surface area contributed by atoms with Crippen molar-refractivity contribution in [3.63, 3.8) is 0 Å². The number of hydrogen-bond acceptors (Lipinski definition) is 6. The first kappa shape index (κ1) is 17.5. The Balaban J connectivity index is 2.34. The van der Waals surface area contributed by atoms with E-state index in [4.69, 9.17) is 4.74 Å². The second-order valence-corrected chi connectivity index (χ2v) is 4.85. The molecule has 25 heavy (non-hydrogen) atoms. The first-order chi connectivity index (χ1) is 11.9. The van der Waals surface area contributed by atoms with Gasteiger partial charge in [0.2, 0.25) is 0 Å². The lowest BCUT2D eigenvalue weighted by Crippen LogP contribution is -2.13. The Morgan fingerprint density at radius 2 is 2.00 bits per heavy atom. The van der Waals surface area contributed by atoms with Crippen LogP contribution in [0.25, 0.3) is 6.08 Å². The van der Waals surface area contributed by atoms with E-state index < -0.39 is 10.8 Å². The molecule has 0 aromatic heterocycles. The number of nitro groups is 1. The number of carbonyl (C=O) groups excluding carboxylic acids is 1. The topological polar surface area (TPSA) is 125 Å². The molecule has 0 spiro atoms. The number of nitrogens with one attached hydrogen (secondary N) is 1. The van der Waals surface area contributed by atoms with Gasteiger partial charge in [0.1, 0.15) is 23.1 Å². The number of carbonyl (C=O) groups is 1. The van der Waals surface area contributed by atoms with Crippen LogP contribution < -0.4 is 10.1 Å². The maximum atomic E-state index is 12.2. The van der Waals surface area contributed by atoms with Crippen molar-refractivity contribution in [2.75, 3.05) is 12.4 Å². The standard InChI is InChI=1S/C17H13N3O5/c1-25-16-7-4-14(20(23)24)9-11(16)8-12(10-18)17(22)19-13-2-5-15(21)6-3-13/h2-9,21H,1H3,(H,19,22)/b12-8-. The Kier molecular flexibility index (Phi) is 5.32. The van der Waals surface area contributed by atoms with Gasteiger partial charge in [-0.1, -0.05) is 0 Å². The van der Waals surface area contributed by atoms with Gasteiger partial charge in [-0.2, -0.15) is 5.26 Å². The highest BCUT2D eigenvalue weighted by molar-refractivity contribution is 6.09. The van der Waals surface area contributed by atoms with Gasteiger partial charge in [-0.3, -0.25) is 14.9 Å². The Labute approximate surface area is 142 Å². The van der Waals surface area contributed by atoms with E-state index >= 15 is 0 Å². The summed E-state index contributed by atoms with van der Waals surface area (Å²) < 4.78 is 5.10. The summed E-state index contributed by atoms with van der Waals surface area (Å²) in [7, 11) is 1.38. The molecule has 0 atom stereocenters. The fourth-order valence-corrected chi connectivity index (χ4v) is 2.00. The summed E-state index contributed by atoms with van der Waals surface area (Å²) >= 11 is 0. The average molecular weight is 339 g/mol. The van der Waals surface area contributed by atoms with Crippen LogP contribution in [0, 0.1) is 21.4 Å². The molecule has 0 heterocycles. The van der Waals surface area contributed by atoms with Crippen LogP contribution in [0.4, 0.5) is 11.4 Å².